The molecule has 2 aromatic carbocycles. The number of methoxy groups -OCH3 is 4. The monoisotopic (exact) mass is 383 g/mol. The molecular weight excluding hydrogens is 361 g/mol. The summed E-state index contributed by atoms with van der Waals surface area (Å²) < 4.78 is 35.7. The van der Waals surface area contributed by atoms with E-state index >= 15 is 0 Å². The minimum Gasteiger partial charge on any atom is -0.494 e. The van der Waals surface area contributed by atoms with Gasteiger partial charge >= 0.3 is 0 Å². The fourth-order valence-electron chi connectivity index (χ4n) is 3.14. The summed E-state index contributed by atoms with van der Waals surface area (Å²) in [6.07, 6.45) is 7.34. The largest absolute Gasteiger partial charge is 0.494 e. The molecule has 1 aliphatic heterocycles. The van der Waals surface area contributed by atoms with E-state index < -0.39 is 5.82 Å². The molecule has 1 aliphatic rings. The highest BCUT2D eigenvalue weighted by Gasteiger charge is 2.23. The van der Waals surface area contributed by atoms with Gasteiger partial charge in [-0.15, -0.1) is 0 Å². The normalized spacial score (nSPS) is 15.6. The van der Waals surface area contributed by atoms with Gasteiger partial charge in [0.25, 0.3) is 0 Å². The van der Waals surface area contributed by atoms with Gasteiger partial charge in [-0.2, -0.15) is 0 Å². The summed E-state index contributed by atoms with van der Waals surface area (Å²) in [5.74, 6) is 1.34. The van der Waals surface area contributed by atoms with Crippen LogP contribution in [0.3, 0.4) is 0 Å². The van der Waals surface area contributed by atoms with Gasteiger partial charge in [0.2, 0.25) is 5.75 Å². The van der Waals surface area contributed by atoms with Crippen LogP contribution in [0.25, 0.3) is 5.57 Å². The first-order chi connectivity index (χ1) is 13.6. The van der Waals surface area contributed by atoms with Gasteiger partial charge in [-0.05, 0) is 47.0 Å². The fourth-order valence-corrected chi connectivity index (χ4v) is 3.14. The van der Waals surface area contributed by atoms with Crippen molar-refractivity contribution in [2.45, 2.75) is 6.04 Å². The molecule has 0 aromatic heterocycles. The van der Waals surface area contributed by atoms with Crippen LogP contribution in [0.2, 0.25) is 0 Å². The lowest BCUT2D eigenvalue weighted by atomic mass is 9.92. The zero-order valence-corrected chi connectivity index (χ0v) is 16.2. The Morgan fingerprint density at radius 2 is 1.50 bits per heavy atom. The van der Waals surface area contributed by atoms with E-state index in [1.165, 1.54) is 13.2 Å². The average Bonchev–Trinajstić information content (AvgIpc) is 2.98. The molecule has 0 saturated heterocycles. The van der Waals surface area contributed by atoms with E-state index in [-0.39, 0.29) is 11.8 Å². The molecule has 2 aromatic rings. The Balaban J connectivity index is 2.12. The van der Waals surface area contributed by atoms with Gasteiger partial charge in [-0.25, -0.2) is 4.39 Å². The number of aliphatic imine (C=N–C) groups is 1. The predicted octanol–water partition coefficient (Wildman–Crippen LogP) is 4.63. The molecule has 146 valence electrons. The van der Waals surface area contributed by atoms with Crippen LogP contribution in [0.4, 0.5) is 4.39 Å². The minimum atomic E-state index is -0.429. The minimum absolute atomic E-state index is 0.196. The molecule has 6 heteroatoms. The topological polar surface area (TPSA) is 49.3 Å². The summed E-state index contributed by atoms with van der Waals surface area (Å²) in [5, 5.41) is 0. The van der Waals surface area contributed by atoms with Crippen LogP contribution in [0.1, 0.15) is 17.2 Å². The molecule has 0 N–H and O–H groups in total. The molecular formula is C22H22FNO4. The van der Waals surface area contributed by atoms with Gasteiger partial charge in [-0.3, -0.25) is 4.99 Å². The second kappa shape index (κ2) is 8.61. The standard InChI is InChI=1S/C22H22FNO4/c1-25-18-9-8-14(11-17(18)23)16-7-5-6-10-24-21(16)15-12-19(26-2)22(28-4)20(13-15)27-3/h5-13,21H,1-4H3/t21-/m0/s1. The highest BCUT2D eigenvalue weighted by Crippen LogP contribution is 2.43. The van der Waals surface area contributed by atoms with E-state index in [0.717, 1.165) is 11.1 Å². The van der Waals surface area contributed by atoms with Crippen molar-refractivity contribution in [1.29, 1.82) is 0 Å². The summed E-state index contributed by atoms with van der Waals surface area (Å²) in [7, 11) is 6.12. The zero-order chi connectivity index (χ0) is 20.1. The molecule has 0 unspecified atom stereocenters. The summed E-state index contributed by atoms with van der Waals surface area (Å²) in [6, 6.07) is 8.19. The van der Waals surface area contributed by atoms with Crippen molar-refractivity contribution in [1.82, 2.24) is 0 Å². The number of ether oxygens (including phenoxy) is 4. The SMILES string of the molecule is COc1ccc(C2=CC=CC=N[C@H]2c2cc(OC)c(OC)c(OC)c2)cc1F. The third kappa shape index (κ3) is 3.71. The van der Waals surface area contributed by atoms with E-state index in [2.05, 4.69) is 4.99 Å². The molecule has 0 radical (unpaired) electrons. The van der Waals surface area contributed by atoms with Crippen LogP contribution >= 0.6 is 0 Å². The number of benzene rings is 2. The molecule has 3 rings (SSSR count). The van der Waals surface area contributed by atoms with Gasteiger partial charge in [0.1, 0.15) is 6.04 Å². The van der Waals surface area contributed by atoms with Crippen LogP contribution in [-0.2, 0) is 0 Å². The molecule has 0 saturated carbocycles. The molecule has 5 nitrogen and oxygen atoms in total. The predicted molar refractivity (Wildman–Crippen MR) is 107 cm³/mol. The highest BCUT2D eigenvalue weighted by atomic mass is 19.1. The maximum absolute atomic E-state index is 14.3. The summed E-state index contributed by atoms with van der Waals surface area (Å²) in [4.78, 5) is 4.64. The van der Waals surface area contributed by atoms with Crippen molar-refractivity contribution in [3.63, 3.8) is 0 Å². The van der Waals surface area contributed by atoms with Crippen molar-refractivity contribution in [3.8, 4) is 23.0 Å². The molecule has 1 atom stereocenters. The number of nitrogens with zero attached hydrogens (tertiary/aromatic N) is 1. The maximum atomic E-state index is 14.3. The average molecular weight is 383 g/mol. The van der Waals surface area contributed by atoms with Gasteiger partial charge in [0.05, 0.1) is 28.4 Å². The van der Waals surface area contributed by atoms with Crippen molar-refractivity contribution in [2.24, 2.45) is 4.99 Å². The van der Waals surface area contributed by atoms with Crippen molar-refractivity contribution < 1.29 is 23.3 Å². The quantitative estimate of drug-likeness (QED) is 0.730. The lowest BCUT2D eigenvalue weighted by molar-refractivity contribution is 0.323. The van der Waals surface area contributed by atoms with Crippen molar-refractivity contribution in [3.05, 3.63) is 65.5 Å². The highest BCUT2D eigenvalue weighted by molar-refractivity contribution is 5.81. The third-order valence-corrected chi connectivity index (χ3v) is 4.49. The first-order valence-corrected chi connectivity index (χ1v) is 8.66. The number of hydrogen-bond donors (Lipinski definition) is 0. The lowest BCUT2D eigenvalue weighted by Crippen LogP contribution is -2.03. The molecule has 1 heterocycles. The van der Waals surface area contributed by atoms with E-state index in [1.807, 2.05) is 36.4 Å². The number of halogens is 1. The fraction of sp³-hybridized carbons (Fsp3) is 0.227. The first kappa shape index (κ1) is 19.5. The summed E-state index contributed by atoms with van der Waals surface area (Å²) in [6.45, 7) is 0. The van der Waals surface area contributed by atoms with Gasteiger partial charge in [0.15, 0.2) is 23.1 Å². The molecule has 28 heavy (non-hydrogen) atoms. The molecule has 0 amide bonds. The third-order valence-electron chi connectivity index (χ3n) is 4.49. The van der Waals surface area contributed by atoms with Gasteiger partial charge < -0.3 is 18.9 Å². The molecule has 0 spiro atoms. The number of hydrogen-bond acceptors (Lipinski definition) is 5. The van der Waals surface area contributed by atoms with Crippen LogP contribution in [0.5, 0.6) is 23.0 Å². The Kier molecular flexibility index (Phi) is 5.99. The van der Waals surface area contributed by atoms with Crippen LogP contribution < -0.4 is 18.9 Å². The van der Waals surface area contributed by atoms with E-state index in [1.54, 1.807) is 33.6 Å². The second-order valence-electron chi connectivity index (χ2n) is 6.02. The Bertz CT molecular complexity index is 925. The Morgan fingerprint density at radius 1 is 0.821 bits per heavy atom. The van der Waals surface area contributed by atoms with Gasteiger partial charge in [0, 0.05) is 6.21 Å². The van der Waals surface area contributed by atoms with Crippen LogP contribution in [0.15, 0.2) is 53.6 Å². The molecule has 0 fully saturated rings. The second-order valence-corrected chi connectivity index (χ2v) is 6.02. The van der Waals surface area contributed by atoms with Crippen molar-refractivity contribution >= 4 is 11.8 Å². The Morgan fingerprint density at radius 3 is 2.07 bits per heavy atom. The van der Waals surface area contributed by atoms with Crippen LogP contribution in [0, 0.1) is 5.82 Å². The van der Waals surface area contributed by atoms with E-state index in [0.29, 0.717) is 22.8 Å². The molecule has 0 aliphatic carbocycles. The summed E-state index contributed by atoms with van der Waals surface area (Å²) in [5.41, 5.74) is 2.37. The number of rotatable bonds is 6. The van der Waals surface area contributed by atoms with Crippen molar-refractivity contribution in [2.75, 3.05) is 28.4 Å². The maximum Gasteiger partial charge on any atom is 0.203 e. The van der Waals surface area contributed by atoms with E-state index in [9.17, 15) is 4.39 Å². The first-order valence-electron chi connectivity index (χ1n) is 8.66. The Hall–Kier alpha value is -3.28. The molecule has 0 bridgehead atoms. The van der Waals surface area contributed by atoms with E-state index in [4.69, 9.17) is 18.9 Å². The summed E-state index contributed by atoms with van der Waals surface area (Å²) >= 11 is 0. The zero-order valence-electron chi connectivity index (χ0n) is 16.2. The Labute approximate surface area is 163 Å². The van der Waals surface area contributed by atoms with Crippen LogP contribution in [-0.4, -0.2) is 34.7 Å². The smallest absolute Gasteiger partial charge is 0.203 e. The number of allylic oxidation sites excluding steroid dienone is 3. The lowest BCUT2D eigenvalue weighted by Gasteiger charge is -2.20. The van der Waals surface area contributed by atoms with Gasteiger partial charge in [-0.1, -0.05) is 18.2 Å².